The predicted octanol–water partition coefficient (Wildman–Crippen LogP) is 4.85. The topological polar surface area (TPSA) is 100 Å². The average molecular weight is 442 g/mol. The zero-order chi connectivity index (χ0) is 21.5. The van der Waals surface area contributed by atoms with Gasteiger partial charge in [0.1, 0.15) is 11.4 Å². The Hall–Kier alpha value is -3.85. The fourth-order valence-corrected chi connectivity index (χ4v) is 4.35. The fraction of sp³-hybridized carbons (Fsp3) is 0.130. The Kier molecular flexibility index (Phi) is 4.53. The summed E-state index contributed by atoms with van der Waals surface area (Å²) < 4.78 is 1.89. The van der Waals surface area contributed by atoms with Crippen LogP contribution in [-0.2, 0) is 4.79 Å². The van der Waals surface area contributed by atoms with Gasteiger partial charge in [0.05, 0.1) is 17.2 Å². The summed E-state index contributed by atoms with van der Waals surface area (Å²) in [6, 6.07) is 17.8. The van der Waals surface area contributed by atoms with Gasteiger partial charge in [-0.25, -0.2) is 9.97 Å². The highest BCUT2D eigenvalue weighted by atomic mass is 32.2. The highest BCUT2D eigenvalue weighted by Crippen LogP contribution is 2.32. The molecule has 1 aliphatic rings. The normalized spacial score (nSPS) is 13.5. The van der Waals surface area contributed by atoms with E-state index in [0.717, 1.165) is 44.9 Å². The van der Waals surface area contributed by atoms with Crippen LogP contribution in [0.15, 0.2) is 77.0 Å². The molecule has 3 heterocycles. The average Bonchev–Trinajstić information content (AvgIpc) is 3.43. The number of rotatable bonds is 6. The van der Waals surface area contributed by atoms with Crippen molar-refractivity contribution in [3.8, 4) is 0 Å². The van der Waals surface area contributed by atoms with Crippen LogP contribution in [0.5, 0.6) is 0 Å². The van der Waals surface area contributed by atoms with Gasteiger partial charge in [0.2, 0.25) is 11.9 Å². The molecule has 1 amide bonds. The van der Waals surface area contributed by atoms with Crippen LogP contribution in [0.2, 0.25) is 0 Å². The van der Waals surface area contributed by atoms with Crippen molar-refractivity contribution in [3.05, 3.63) is 67.1 Å². The van der Waals surface area contributed by atoms with Gasteiger partial charge in [-0.2, -0.15) is 5.10 Å². The molecule has 3 aromatic heterocycles. The quantitative estimate of drug-likeness (QED) is 0.326. The number of nitrogens with one attached hydrogen (secondary N) is 3. The monoisotopic (exact) mass is 441 g/mol. The van der Waals surface area contributed by atoms with Crippen LogP contribution in [0.1, 0.15) is 12.8 Å². The van der Waals surface area contributed by atoms with E-state index in [0.29, 0.717) is 11.8 Å². The SMILES string of the molecule is O=C(Nc1ccc(Sc2cc3cncn3c(Nc3n[nH]c4ccccc34)n2)cc1)C1CC1. The number of imidazole rings is 1. The van der Waals surface area contributed by atoms with Crippen LogP contribution >= 0.6 is 11.8 Å². The van der Waals surface area contributed by atoms with Crippen molar-refractivity contribution >= 4 is 51.5 Å². The van der Waals surface area contributed by atoms with Crippen molar-refractivity contribution in [1.29, 1.82) is 0 Å². The van der Waals surface area contributed by atoms with E-state index in [-0.39, 0.29) is 11.8 Å². The highest BCUT2D eigenvalue weighted by molar-refractivity contribution is 7.99. The Morgan fingerprint density at radius 1 is 1.12 bits per heavy atom. The molecule has 0 atom stereocenters. The predicted molar refractivity (Wildman–Crippen MR) is 124 cm³/mol. The third-order valence-corrected chi connectivity index (χ3v) is 6.30. The number of fused-ring (bicyclic) bond motifs is 2. The van der Waals surface area contributed by atoms with Crippen molar-refractivity contribution in [2.75, 3.05) is 10.6 Å². The molecule has 0 unspecified atom stereocenters. The van der Waals surface area contributed by atoms with Crippen molar-refractivity contribution in [1.82, 2.24) is 24.6 Å². The third-order valence-electron chi connectivity index (χ3n) is 5.38. The van der Waals surface area contributed by atoms with Crippen LogP contribution < -0.4 is 10.6 Å². The lowest BCUT2D eigenvalue weighted by Gasteiger charge is -2.10. The van der Waals surface area contributed by atoms with E-state index in [1.807, 2.05) is 59.0 Å². The number of nitrogens with zero attached hydrogens (tertiary/aromatic N) is 4. The number of anilines is 3. The number of carbonyl (C=O) groups excluding carboxylic acids is 1. The molecule has 1 fully saturated rings. The van der Waals surface area contributed by atoms with Gasteiger partial charge in [-0.3, -0.25) is 14.3 Å². The second kappa shape index (κ2) is 7.69. The van der Waals surface area contributed by atoms with E-state index in [1.165, 1.54) is 0 Å². The second-order valence-corrected chi connectivity index (χ2v) is 8.83. The highest BCUT2D eigenvalue weighted by Gasteiger charge is 2.29. The summed E-state index contributed by atoms with van der Waals surface area (Å²) in [5.41, 5.74) is 2.70. The number of aromatic amines is 1. The van der Waals surface area contributed by atoms with E-state index in [9.17, 15) is 4.79 Å². The van der Waals surface area contributed by atoms with Gasteiger partial charge in [0, 0.05) is 21.9 Å². The first-order valence-electron chi connectivity index (χ1n) is 10.3. The molecule has 8 nitrogen and oxygen atoms in total. The van der Waals surface area contributed by atoms with Gasteiger partial charge in [0.25, 0.3) is 0 Å². The largest absolute Gasteiger partial charge is 0.326 e. The standard InChI is InChI=1S/C23H19N7OS/c31-22(14-5-6-14)25-15-7-9-17(10-8-15)32-20-11-16-12-24-13-30(16)23(26-20)27-21-18-3-1-2-4-19(18)28-29-21/h1-4,7-14H,5-6H2,(H,25,31)(H2,26,27,28,29). The summed E-state index contributed by atoms with van der Waals surface area (Å²) in [6.45, 7) is 0. The zero-order valence-corrected chi connectivity index (χ0v) is 17.8. The molecular formula is C23H19N7OS. The number of aromatic nitrogens is 5. The molecule has 3 N–H and O–H groups in total. The van der Waals surface area contributed by atoms with E-state index < -0.39 is 0 Å². The zero-order valence-electron chi connectivity index (χ0n) is 16.9. The summed E-state index contributed by atoms with van der Waals surface area (Å²) in [5.74, 6) is 1.64. The van der Waals surface area contributed by atoms with E-state index >= 15 is 0 Å². The summed E-state index contributed by atoms with van der Waals surface area (Å²) >= 11 is 1.55. The van der Waals surface area contributed by atoms with E-state index in [4.69, 9.17) is 4.98 Å². The van der Waals surface area contributed by atoms with E-state index in [1.54, 1.807) is 24.3 Å². The second-order valence-electron chi connectivity index (χ2n) is 7.74. The minimum Gasteiger partial charge on any atom is -0.326 e. The first-order valence-corrected chi connectivity index (χ1v) is 11.2. The molecule has 158 valence electrons. The van der Waals surface area contributed by atoms with Crippen LogP contribution in [0.25, 0.3) is 16.4 Å². The maximum atomic E-state index is 12.0. The Labute approximate surface area is 187 Å². The lowest BCUT2D eigenvalue weighted by Crippen LogP contribution is -2.12. The Balaban J connectivity index is 1.26. The van der Waals surface area contributed by atoms with Gasteiger partial charge in [-0.15, -0.1) is 0 Å². The molecule has 0 radical (unpaired) electrons. The summed E-state index contributed by atoms with van der Waals surface area (Å²) in [7, 11) is 0. The molecule has 0 aliphatic heterocycles. The maximum absolute atomic E-state index is 12.0. The number of hydrogen-bond acceptors (Lipinski definition) is 6. The number of benzene rings is 2. The maximum Gasteiger partial charge on any atom is 0.227 e. The van der Waals surface area contributed by atoms with Crippen molar-refractivity contribution in [3.63, 3.8) is 0 Å². The van der Waals surface area contributed by atoms with Gasteiger partial charge < -0.3 is 10.6 Å². The summed E-state index contributed by atoms with van der Waals surface area (Å²) in [6.07, 6.45) is 5.52. The number of carbonyl (C=O) groups is 1. The lowest BCUT2D eigenvalue weighted by molar-refractivity contribution is -0.117. The molecule has 0 saturated heterocycles. The van der Waals surface area contributed by atoms with Crippen LogP contribution in [0, 0.1) is 5.92 Å². The van der Waals surface area contributed by atoms with Gasteiger partial charge >= 0.3 is 0 Å². The van der Waals surface area contributed by atoms with Crippen LogP contribution in [0.4, 0.5) is 17.5 Å². The Bertz CT molecular complexity index is 1440. The Morgan fingerprint density at radius 2 is 1.97 bits per heavy atom. The molecule has 5 aromatic rings. The van der Waals surface area contributed by atoms with Gasteiger partial charge in [0.15, 0.2) is 5.82 Å². The first kappa shape index (κ1) is 18.9. The molecule has 0 bridgehead atoms. The smallest absolute Gasteiger partial charge is 0.227 e. The Morgan fingerprint density at radius 3 is 2.81 bits per heavy atom. The van der Waals surface area contributed by atoms with Crippen molar-refractivity contribution < 1.29 is 4.79 Å². The minimum atomic E-state index is 0.111. The molecule has 2 aromatic carbocycles. The first-order chi connectivity index (χ1) is 15.7. The molecular weight excluding hydrogens is 422 g/mol. The van der Waals surface area contributed by atoms with E-state index in [2.05, 4.69) is 25.8 Å². The summed E-state index contributed by atoms with van der Waals surface area (Å²) in [4.78, 5) is 22.0. The molecule has 9 heteroatoms. The molecule has 6 rings (SSSR count). The molecule has 1 aliphatic carbocycles. The molecule has 0 spiro atoms. The molecule has 1 saturated carbocycles. The lowest BCUT2D eigenvalue weighted by atomic mass is 10.2. The minimum absolute atomic E-state index is 0.111. The van der Waals surface area contributed by atoms with Crippen molar-refractivity contribution in [2.45, 2.75) is 22.8 Å². The third kappa shape index (κ3) is 3.67. The fourth-order valence-electron chi connectivity index (χ4n) is 3.53. The van der Waals surface area contributed by atoms with Gasteiger partial charge in [-0.05, 0) is 55.3 Å². The van der Waals surface area contributed by atoms with Gasteiger partial charge in [-0.1, -0.05) is 23.9 Å². The number of para-hydroxylation sites is 1. The van der Waals surface area contributed by atoms with Crippen molar-refractivity contribution in [2.24, 2.45) is 5.92 Å². The molecule has 32 heavy (non-hydrogen) atoms. The van der Waals surface area contributed by atoms with Crippen LogP contribution in [-0.4, -0.2) is 30.5 Å². The number of amides is 1. The number of H-pyrrole nitrogens is 1. The van der Waals surface area contributed by atoms with Crippen LogP contribution in [0.3, 0.4) is 0 Å². The summed E-state index contributed by atoms with van der Waals surface area (Å²) in [5, 5.41) is 15.6. The number of hydrogen-bond donors (Lipinski definition) is 3.